The largest absolute Gasteiger partial charge is 0.491 e. The van der Waals surface area contributed by atoms with Crippen LogP contribution in [0.5, 0.6) is 5.75 Å². The molecular formula is C24H18ClN5O4S3. The molecule has 0 amide bonds. The predicted molar refractivity (Wildman–Crippen MR) is 146 cm³/mol. The molecule has 0 saturated heterocycles. The lowest BCUT2D eigenvalue weighted by atomic mass is 10.1. The summed E-state index contributed by atoms with van der Waals surface area (Å²) in [6.45, 7) is 0.247. The zero-order chi connectivity index (χ0) is 25.9. The molecule has 1 N–H and O–H groups in total. The van der Waals surface area contributed by atoms with Crippen LogP contribution in [0.1, 0.15) is 25.7 Å². The molecule has 0 aromatic carbocycles. The summed E-state index contributed by atoms with van der Waals surface area (Å²) in [7, 11) is 1.38. The van der Waals surface area contributed by atoms with Gasteiger partial charge in [-0.1, -0.05) is 11.6 Å². The van der Waals surface area contributed by atoms with Crippen molar-refractivity contribution in [1.29, 1.82) is 0 Å². The Balaban J connectivity index is 1.50. The lowest BCUT2D eigenvalue weighted by molar-refractivity contribution is 0.0945. The Morgan fingerprint density at radius 1 is 1.16 bits per heavy atom. The van der Waals surface area contributed by atoms with Crippen molar-refractivity contribution in [3.05, 3.63) is 89.0 Å². The van der Waals surface area contributed by atoms with Gasteiger partial charge in [-0.2, -0.15) is 21.1 Å². The van der Waals surface area contributed by atoms with E-state index in [2.05, 4.69) is 15.4 Å². The average Bonchev–Trinajstić information content (AvgIpc) is 3.71. The molecule has 5 aromatic rings. The third-order valence-corrected chi connectivity index (χ3v) is 7.88. The van der Waals surface area contributed by atoms with Gasteiger partial charge in [-0.05, 0) is 29.6 Å². The van der Waals surface area contributed by atoms with Crippen molar-refractivity contribution in [3.8, 4) is 17.0 Å². The number of carbonyl (C=O) groups excluding carboxylic acids is 2. The van der Waals surface area contributed by atoms with Crippen LogP contribution in [0.15, 0.2) is 63.0 Å². The average molecular weight is 572 g/mol. The fraction of sp³-hybridized carbons (Fsp3) is 0.125. The Labute approximate surface area is 227 Å². The molecule has 5 heterocycles. The molecule has 0 aliphatic rings. The first-order chi connectivity index (χ1) is 17.9. The van der Waals surface area contributed by atoms with E-state index in [1.54, 1.807) is 34.5 Å². The number of ether oxygens (including phenoxy) is 1. The Kier molecular flexibility index (Phi) is 7.33. The normalized spacial score (nSPS) is 11.0. The lowest BCUT2D eigenvalue weighted by Gasteiger charge is -2.10. The highest BCUT2D eigenvalue weighted by Gasteiger charge is 2.22. The number of anilines is 1. The van der Waals surface area contributed by atoms with Gasteiger partial charge >= 0.3 is 0 Å². The molecule has 0 unspecified atom stereocenters. The second-order valence-electron chi connectivity index (χ2n) is 7.70. The molecule has 13 heteroatoms. The van der Waals surface area contributed by atoms with Crippen LogP contribution in [-0.4, -0.2) is 38.1 Å². The number of pyridine rings is 1. The van der Waals surface area contributed by atoms with Crippen molar-refractivity contribution in [2.75, 3.05) is 12.4 Å². The minimum atomic E-state index is -0.495. The molecule has 0 saturated carbocycles. The first kappa shape index (κ1) is 25.1. The number of thiazole rings is 1. The van der Waals surface area contributed by atoms with Gasteiger partial charge in [0.05, 0.1) is 46.9 Å². The van der Waals surface area contributed by atoms with Crippen molar-refractivity contribution in [3.63, 3.8) is 0 Å². The van der Waals surface area contributed by atoms with Gasteiger partial charge in [-0.3, -0.25) is 14.4 Å². The summed E-state index contributed by atoms with van der Waals surface area (Å²) in [4.78, 5) is 43.8. The molecule has 0 fully saturated rings. The quantitative estimate of drug-likeness (QED) is 0.244. The van der Waals surface area contributed by atoms with Crippen molar-refractivity contribution < 1.29 is 14.3 Å². The standard InChI is InChI=1S/C24H18ClN5O4S3/c1-34-22-16(4-6-29(24(22)33)10-19(31)18-12-36-13-27-18)17-8-21(26-9-15-2-3-20(25)37-15)30(28-17)23(32)14-5-7-35-11-14/h2-8,11-13,26H,9-10H2,1H3. The van der Waals surface area contributed by atoms with E-state index in [0.29, 0.717) is 39.2 Å². The first-order valence-electron chi connectivity index (χ1n) is 10.8. The highest BCUT2D eigenvalue weighted by Crippen LogP contribution is 2.30. The van der Waals surface area contributed by atoms with Gasteiger partial charge in [0.1, 0.15) is 11.5 Å². The van der Waals surface area contributed by atoms with Crippen LogP contribution in [0, 0.1) is 0 Å². The Hall–Kier alpha value is -3.58. The van der Waals surface area contributed by atoms with Crippen LogP contribution in [-0.2, 0) is 13.1 Å². The number of rotatable bonds is 9. The van der Waals surface area contributed by atoms with Crippen molar-refractivity contribution >= 4 is 63.1 Å². The number of nitrogens with one attached hydrogen (secondary N) is 1. The van der Waals surface area contributed by atoms with Crippen LogP contribution >= 0.6 is 45.6 Å². The fourth-order valence-corrected chi connectivity index (χ4v) is 5.80. The molecule has 0 radical (unpaired) electrons. The molecule has 0 bridgehead atoms. The van der Waals surface area contributed by atoms with E-state index in [1.807, 2.05) is 17.5 Å². The summed E-state index contributed by atoms with van der Waals surface area (Å²) in [6, 6.07) is 8.75. The number of Topliss-reactive ketones (excluding diaryl/α,β-unsaturated/α-hetero) is 1. The predicted octanol–water partition coefficient (Wildman–Crippen LogP) is 5.14. The number of halogens is 1. The van der Waals surface area contributed by atoms with E-state index in [9.17, 15) is 14.4 Å². The Morgan fingerprint density at radius 3 is 2.70 bits per heavy atom. The smallest absolute Gasteiger partial charge is 0.293 e. The maximum Gasteiger partial charge on any atom is 0.293 e. The maximum atomic E-state index is 13.2. The van der Waals surface area contributed by atoms with Crippen molar-refractivity contribution in [2.45, 2.75) is 13.1 Å². The van der Waals surface area contributed by atoms with E-state index in [0.717, 1.165) is 4.88 Å². The van der Waals surface area contributed by atoms with Crippen LogP contribution in [0.2, 0.25) is 4.34 Å². The second kappa shape index (κ2) is 10.8. The molecule has 0 atom stereocenters. The van der Waals surface area contributed by atoms with Gasteiger partial charge in [0.2, 0.25) is 5.78 Å². The Bertz CT molecular complexity index is 1620. The first-order valence-corrected chi connectivity index (χ1v) is 13.9. The van der Waals surface area contributed by atoms with E-state index >= 15 is 0 Å². The number of hydrogen-bond acceptors (Lipinski definition) is 10. The molecular weight excluding hydrogens is 554 g/mol. The van der Waals surface area contributed by atoms with Gasteiger partial charge < -0.3 is 14.6 Å². The van der Waals surface area contributed by atoms with Crippen molar-refractivity contribution in [1.82, 2.24) is 19.3 Å². The summed E-state index contributed by atoms with van der Waals surface area (Å²) >= 11 is 10.2. The zero-order valence-corrected chi connectivity index (χ0v) is 22.4. The third kappa shape index (κ3) is 5.27. The summed E-state index contributed by atoms with van der Waals surface area (Å²) < 4.78 is 8.63. The number of thiophene rings is 2. The summed E-state index contributed by atoms with van der Waals surface area (Å²) in [5.41, 5.74) is 2.61. The highest BCUT2D eigenvalue weighted by molar-refractivity contribution is 7.16. The molecule has 5 aromatic heterocycles. The van der Waals surface area contributed by atoms with E-state index in [-0.39, 0.29) is 24.0 Å². The van der Waals surface area contributed by atoms with E-state index in [1.165, 1.54) is 56.6 Å². The molecule has 188 valence electrons. The van der Waals surface area contributed by atoms with Gasteiger partial charge in [0.15, 0.2) is 5.75 Å². The fourth-order valence-electron chi connectivity index (χ4n) is 3.59. The SMILES string of the molecule is COc1c(-c2cc(NCc3ccc(Cl)s3)n(C(=O)c3ccsc3)n2)ccn(CC(=O)c2cscn2)c1=O. The van der Waals surface area contributed by atoms with Crippen LogP contribution in [0.4, 0.5) is 5.82 Å². The monoisotopic (exact) mass is 571 g/mol. The number of hydrogen-bond donors (Lipinski definition) is 1. The number of nitrogens with zero attached hydrogens (tertiary/aromatic N) is 4. The van der Waals surface area contributed by atoms with Crippen molar-refractivity contribution in [2.24, 2.45) is 0 Å². The third-order valence-electron chi connectivity index (χ3n) is 5.38. The zero-order valence-electron chi connectivity index (χ0n) is 19.2. The lowest BCUT2D eigenvalue weighted by Crippen LogP contribution is -2.25. The Morgan fingerprint density at radius 2 is 2.03 bits per heavy atom. The number of carbonyl (C=O) groups is 2. The van der Waals surface area contributed by atoms with Crippen LogP contribution < -0.4 is 15.6 Å². The molecule has 0 aliphatic carbocycles. The molecule has 5 rings (SSSR count). The summed E-state index contributed by atoms with van der Waals surface area (Å²) in [5, 5.41) is 12.9. The number of aromatic nitrogens is 4. The summed E-state index contributed by atoms with van der Waals surface area (Å²) in [5.74, 6) is -0.150. The minimum absolute atomic E-state index is 0.0119. The highest BCUT2D eigenvalue weighted by atomic mass is 35.5. The number of methoxy groups -OCH3 is 1. The molecule has 0 aliphatic heterocycles. The number of ketones is 1. The molecule has 9 nitrogen and oxygen atoms in total. The van der Waals surface area contributed by atoms with Crippen LogP contribution in [0.25, 0.3) is 11.3 Å². The topological polar surface area (TPSA) is 108 Å². The van der Waals surface area contributed by atoms with Gasteiger partial charge in [0, 0.05) is 27.9 Å². The van der Waals surface area contributed by atoms with Gasteiger partial charge in [-0.15, -0.1) is 22.7 Å². The maximum absolute atomic E-state index is 13.2. The minimum Gasteiger partial charge on any atom is -0.491 e. The van der Waals surface area contributed by atoms with Gasteiger partial charge in [0.25, 0.3) is 11.5 Å². The van der Waals surface area contributed by atoms with E-state index < -0.39 is 5.56 Å². The van der Waals surface area contributed by atoms with Gasteiger partial charge in [-0.25, -0.2) is 4.98 Å². The molecule has 0 spiro atoms. The second-order valence-corrected chi connectivity index (χ2v) is 11.0. The summed E-state index contributed by atoms with van der Waals surface area (Å²) in [6.07, 6.45) is 1.50. The molecule has 37 heavy (non-hydrogen) atoms. The van der Waals surface area contributed by atoms with E-state index in [4.69, 9.17) is 16.3 Å². The van der Waals surface area contributed by atoms with Crippen LogP contribution in [0.3, 0.4) is 0 Å².